The third-order valence-corrected chi connectivity index (χ3v) is 15.7. The van der Waals surface area contributed by atoms with E-state index >= 15 is 0 Å². The van der Waals surface area contributed by atoms with Crippen LogP contribution in [0.3, 0.4) is 0 Å². The van der Waals surface area contributed by atoms with E-state index in [-0.39, 0.29) is 21.8 Å². The van der Waals surface area contributed by atoms with Crippen LogP contribution in [0.25, 0.3) is 24.3 Å². The zero-order valence-electron chi connectivity index (χ0n) is 48.9. The first-order valence-electron chi connectivity index (χ1n) is 28.1. The van der Waals surface area contributed by atoms with Gasteiger partial charge in [-0.15, -0.1) is 0 Å². The monoisotopic (exact) mass is 1430 g/mol. The van der Waals surface area contributed by atoms with Crippen molar-refractivity contribution in [3.05, 3.63) is 202 Å². The molecule has 0 aromatic heterocycles. The average molecular weight is 1430 g/mol. The van der Waals surface area contributed by atoms with E-state index < -0.39 is 39.0 Å². The van der Waals surface area contributed by atoms with Crippen molar-refractivity contribution in [2.45, 2.75) is 115 Å². The van der Waals surface area contributed by atoms with Gasteiger partial charge in [0.15, 0.2) is 9.79 Å². The number of anilines is 6. The summed E-state index contributed by atoms with van der Waals surface area (Å²) in [5, 5.41) is 0. The first-order chi connectivity index (χ1) is 39.1. The van der Waals surface area contributed by atoms with Crippen molar-refractivity contribution in [2.75, 3.05) is 34.8 Å². The molecule has 7 aromatic rings. The van der Waals surface area contributed by atoms with Gasteiger partial charge in [-0.1, -0.05) is 138 Å². The van der Waals surface area contributed by atoms with Gasteiger partial charge in [-0.25, -0.2) is 0 Å². The molecule has 0 aliphatic heterocycles. The number of hydrogen-bond donors (Lipinski definition) is 0. The van der Waals surface area contributed by atoms with E-state index in [1.54, 1.807) is 0 Å². The van der Waals surface area contributed by atoms with Crippen LogP contribution in [0.1, 0.15) is 124 Å². The zero-order valence-corrected chi connectivity index (χ0v) is 55.7. The maximum absolute atomic E-state index is 11.2. The Labute approximate surface area is 500 Å². The molecule has 0 fully saturated rings. The van der Waals surface area contributed by atoms with Crippen LogP contribution in [0.2, 0.25) is 0 Å². The Morgan fingerprint density at radius 2 is 0.595 bits per heavy atom. The molecule has 0 bridgehead atoms. The fourth-order valence-electron chi connectivity index (χ4n) is 9.10. The van der Waals surface area contributed by atoms with Gasteiger partial charge < -0.3 is 9.80 Å². The SMILES string of the molecule is CCCCc1ccc(N(c2ccc(CCCC)cc2)c2ccc(/C=C/c3ccc(/C=C/c4ccc(N(c5ccc(CCCC)cc5)c5cccc(CCCC)c5)cc4[S+](C)C)cc3)c([S+](C)C)c2)cc1.[F][Sb-]([F])([F])([F])([F])[F].[F][Sb-]([F])([F])([F])([F])[F]. The van der Waals surface area contributed by atoms with Crippen molar-refractivity contribution in [1.29, 1.82) is 0 Å². The van der Waals surface area contributed by atoms with Crippen LogP contribution in [-0.4, -0.2) is 64.0 Å². The second kappa shape index (κ2) is 28.7. The Hall–Kier alpha value is -4.88. The molecule has 0 N–H and O–H groups in total. The molecule has 7 aromatic carbocycles. The van der Waals surface area contributed by atoms with Gasteiger partial charge >= 0.3 is 72.7 Å². The van der Waals surface area contributed by atoms with E-state index in [1.165, 1.54) is 140 Å². The Balaban J connectivity index is 0.000000819. The summed E-state index contributed by atoms with van der Waals surface area (Å²) in [5.74, 6) is 0. The Morgan fingerprint density at radius 3 is 0.893 bits per heavy atom. The molecule has 0 atom stereocenters. The molecule has 84 heavy (non-hydrogen) atoms. The molecule has 18 heteroatoms. The van der Waals surface area contributed by atoms with Crippen molar-refractivity contribution >= 4 is 119 Å². The van der Waals surface area contributed by atoms with E-state index in [4.69, 9.17) is 0 Å². The second-order valence-electron chi connectivity index (χ2n) is 21.1. The predicted molar refractivity (Wildman–Crippen MR) is 341 cm³/mol. The van der Waals surface area contributed by atoms with Crippen molar-refractivity contribution < 1.29 is 33.8 Å². The van der Waals surface area contributed by atoms with Gasteiger partial charge in [0.2, 0.25) is 0 Å². The van der Waals surface area contributed by atoms with Crippen LogP contribution >= 0.6 is 0 Å². The molecule has 7 rings (SSSR count). The normalized spacial score (nSPS) is 13.6. The number of aryl methyl sites for hydroxylation is 4. The van der Waals surface area contributed by atoms with Crippen LogP contribution in [0.4, 0.5) is 67.9 Å². The van der Waals surface area contributed by atoms with E-state index in [1.807, 2.05) is 0 Å². The molecule has 0 unspecified atom stereocenters. The summed E-state index contributed by atoms with van der Waals surface area (Å²) in [6.07, 6.45) is 32.6. The maximum atomic E-state index is 9.93. The summed E-state index contributed by atoms with van der Waals surface area (Å²) >= 11 is -22.5. The van der Waals surface area contributed by atoms with Gasteiger partial charge in [-0.2, -0.15) is 0 Å². The molecular weight excluding hydrogens is 1360 g/mol. The molecule has 2 nitrogen and oxygen atoms in total. The molecule has 0 aliphatic carbocycles. The Kier molecular flexibility index (Phi) is 23.9. The molecule has 0 amide bonds. The summed E-state index contributed by atoms with van der Waals surface area (Å²) in [4.78, 5) is 7.62. The fourth-order valence-corrected chi connectivity index (χ4v) is 11.0. The molecule has 458 valence electrons. The molecule has 0 spiro atoms. The molecule has 0 saturated carbocycles. The first kappa shape index (κ1) is 69.9. The number of unbranched alkanes of at least 4 members (excludes halogenated alkanes) is 4. The number of hydrogen-bond acceptors (Lipinski definition) is 2. The summed E-state index contributed by atoms with van der Waals surface area (Å²) in [7, 11) is 0.0969. The third-order valence-electron chi connectivity index (χ3n) is 13.3. The zero-order chi connectivity index (χ0) is 62.1. The van der Waals surface area contributed by atoms with Crippen molar-refractivity contribution in [3.8, 4) is 0 Å². The Bertz CT molecular complexity index is 3160. The quantitative estimate of drug-likeness (QED) is 0.0258. The number of halogens is 12. The van der Waals surface area contributed by atoms with E-state index in [9.17, 15) is 33.8 Å². The number of benzene rings is 7. The molecule has 0 radical (unpaired) electrons. The topological polar surface area (TPSA) is 6.48 Å². The van der Waals surface area contributed by atoms with Gasteiger partial charge in [0.05, 0.1) is 11.4 Å². The van der Waals surface area contributed by atoms with Gasteiger partial charge in [-0.05, 0) is 170 Å². The summed E-state index contributed by atoms with van der Waals surface area (Å²) in [5.41, 5.74) is 17.7. The minimum atomic E-state index is -11.2. The van der Waals surface area contributed by atoms with Crippen molar-refractivity contribution in [3.63, 3.8) is 0 Å². The predicted octanol–water partition coefficient (Wildman–Crippen LogP) is 23.1. The molecule has 0 aliphatic rings. The van der Waals surface area contributed by atoms with Gasteiger partial charge in [0.1, 0.15) is 25.0 Å². The van der Waals surface area contributed by atoms with Crippen LogP contribution < -0.4 is 9.80 Å². The first-order valence-corrected chi connectivity index (χ1v) is 43.7. The van der Waals surface area contributed by atoms with Crippen LogP contribution in [0.5, 0.6) is 0 Å². The van der Waals surface area contributed by atoms with Gasteiger partial charge in [-0.3, -0.25) is 0 Å². The summed E-state index contributed by atoms with van der Waals surface area (Å²) in [6.45, 7) is 9.07. The molecular formula is C66H78F12N2S2Sb2. The van der Waals surface area contributed by atoms with Gasteiger partial charge in [0.25, 0.3) is 0 Å². The summed E-state index contributed by atoms with van der Waals surface area (Å²) < 4.78 is 119. The van der Waals surface area contributed by atoms with Crippen molar-refractivity contribution in [1.82, 2.24) is 0 Å². The second-order valence-corrected chi connectivity index (χ2v) is 36.2. The number of rotatable bonds is 24. The van der Waals surface area contributed by atoms with E-state index in [0.717, 1.165) is 25.7 Å². The minimum absolute atomic E-state index is 0.0480. The fraction of sp³-hybridized carbons (Fsp3) is 0.303. The van der Waals surface area contributed by atoms with Crippen LogP contribution in [0, 0.1) is 0 Å². The molecule has 0 heterocycles. The van der Waals surface area contributed by atoms with E-state index in [0.29, 0.717) is 0 Å². The van der Waals surface area contributed by atoms with Crippen molar-refractivity contribution in [2.24, 2.45) is 0 Å². The Morgan fingerprint density at radius 1 is 0.321 bits per heavy atom. The number of nitrogens with zero attached hydrogens (tertiary/aromatic N) is 2. The average Bonchev–Trinajstić information content (AvgIpc) is 2.82. The van der Waals surface area contributed by atoms with Gasteiger partial charge in [0, 0.05) is 67.8 Å². The molecule has 0 saturated heterocycles. The summed E-state index contributed by atoms with van der Waals surface area (Å²) in [6, 6.07) is 60.0. The van der Waals surface area contributed by atoms with Crippen LogP contribution in [0.15, 0.2) is 168 Å². The van der Waals surface area contributed by atoms with Crippen LogP contribution in [-0.2, 0) is 47.5 Å². The van der Waals surface area contributed by atoms with E-state index in [2.05, 4.69) is 245 Å². The standard InChI is InChI=1S/C66H78N2S2.12FH.2Sb/c1-9-13-18-51-30-40-59(41-31-51)67(60-42-32-52(33-43-60)19-14-10-2)63-46-38-57(65(49-63)69(5)6)36-28-54-24-26-55(27-25-54)29-37-58-39-47-64(50-66(58)70(7)8)68(61-44-34-53(35-45-61)20-15-11-3)62-23-17-22-56(48-62)21-16-12-4;;;;;;;;;;;;;;/h17,22-50H,9-16,18-21H2,1-8H3;12*1H;;/q+2;;;;;;;;;;;;;2*+5/p-12/b36-28+,37-29+;;;;;;;;;;;;;;. The third kappa shape index (κ3) is 26.8.